The fraction of sp³-hybridized carbons (Fsp3) is 0.231. The van der Waals surface area contributed by atoms with Crippen molar-refractivity contribution in [3.63, 3.8) is 0 Å². The molecule has 0 fully saturated rings. The third-order valence-electron chi connectivity index (χ3n) is 2.48. The Morgan fingerprint density at radius 1 is 1.29 bits per heavy atom. The van der Waals surface area contributed by atoms with E-state index in [0.29, 0.717) is 17.9 Å². The van der Waals surface area contributed by atoms with Crippen LogP contribution in [0.25, 0.3) is 0 Å². The monoisotopic (exact) mass is 230 g/mol. The van der Waals surface area contributed by atoms with Crippen LogP contribution in [0, 0.1) is 0 Å². The molecule has 0 N–H and O–H groups in total. The lowest BCUT2D eigenvalue weighted by molar-refractivity contribution is 0.103. The van der Waals surface area contributed by atoms with E-state index in [4.69, 9.17) is 4.74 Å². The predicted molar refractivity (Wildman–Crippen MR) is 64.3 cm³/mol. The van der Waals surface area contributed by atoms with Gasteiger partial charge in [-0.25, -0.2) is 0 Å². The van der Waals surface area contributed by atoms with Crippen molar-refractivity contribution in [3.05, 3.63) is 47.8 Å². The highest BCUT2D eigenvalue weighted by Crippen LogP contribution is 2.15. The molecule has 4 nitrogen and oxygen atoms in total. The van der Waals surface area contributed by atoms with Crippen LogP contribution in [0.15, 0.2) is 36.5 Å². The van der Waals surface area contributed by atoms with Gasteiger partial charge in [0.1, 0.15) is 11.4 Å². The van der Waals surface area contributed by atoms with Gasteiger partial charge in [-0.1, -0.05) is 0 Å². The van der Waals surface area contributed by atoms with Gasteiger partial charge in [-0.2, -0.15) is 5.10 Å². The third kappa shape index (κ3) is 2.36. The van der Waals surface area contributed by atoms with Crippen molar-refractivity contribution in [2.45, 2.75) is 6.92 Å². The summed E-state index contributed by atoms with van der Waals surface area (Å²) in [6, 6.07) is 8.83. The Morgan fingerprint density at radius 2 is 2.00 bits per heavy atom. The third-order valence-corrected chi connectivity index (χ3v) is 2.48. The summed E-state index contributed by atoms with van der Waals surface area (Å²) >= 11 is 0. The number of carbonyl (C=O) groups excluding carboxylic acids is 1. The molecule has 1 aromatic heterocycles. The number of benzene rings is 1. The summed E-state index contributed by atoms with van der Waals surface area (Å²) in [7, 11) is 1.75. The molecule has 0 radical (unpaired) electrons. The fourth-order valence-electron chi connectivity index (χ4n) is 1.61. The van der Waals surface area contributed by atoms with E-state index in [0.717, 1.165) is 5.75 Å². The quantitative estimate of drug-likeness (QED) is 0.755. The summed E-state index contributed by atoms with van der Waals surface area (Å²) in [6.45, 7) is 2.55. The molecule has 0 bridgehead atoms. The van der Waals surface area contributed by atoms with Crippen LogP contribution in [0.4, 0.5) is 0 Å². The van der Waals surface area contributed by atoms with E-state index >= 15 is 0 Å². The molecule has 0 amide bonds. The number of ketones is 1. The molecule has 1 heterocycles. The lowest BCUT2D eigenvalue weighted by atomic mass is 10.1. The Morgan fingerprint density at radius 3 is 2.53 bits per heavy atom. The fourth-order valence-corrected chi connectivity index (χ4v) is 1.61. The van der Waals surface area contributed by atoms with Gasteiger partial charge in [-0.15, -0.1) is 0 Å². The summed E-state index contributed by atoms with van der Waals surface area (Å²) in [6.07, 6.45) is 1.61. The summed E-state index contributed by atoms with van der Waals surface area (Å²) in [4.78, 5) is 12.1. The van der Waals surface area contributed by atoms with Crippen LogP contribution in [0.3, 0.4) is 0 Å². The van der Waals surface area contributed by atoms with Crippen LogP contribution in [-0.4, -0.2) is 22.2 Å². The minimum atomic E-state index is -0.0342. The maximum absolute atomic E-state index is 12.1. The van der Waals surface area contributed by atoms with Crippen LogP contribution < -0.4 is 4.74 Å². The van der Waals surface area contributed by atoms with Crippen molar-refractivity contribution in [2.24, 2.45) is 7.05 Å². The second kappa shape index (κ2) is 4.82. The summed E-state index contributed by atoms with van der Waals surface area (Å²) in [5.74, 6) is 0.738. The second-order valence-electron chi connectivity index (χ2n) is 3.63. The molecule has 17 heavy (non-hydrogen) atoms. The molecule has 0 aliphatic heterocycles. The number of nitrogens with zero attached hydrogens (tertiary/aromatic N) is 2. The number of aryl methyl sites for hydroxylation is 1. The standard InChI is InChI=1S/C13H14N2O2/c1-3-17-11-6-4-10(5-7-11)13(16)12-8-9-14-15(12)2/h4-9H,3H2,1-2H3. The van der Waals surface area contributed by atoms with Crippen LogP contribution in [0.2, 0.25) is 0 Å². The van der Waals surface area contributed by atoms with E-state index in [9.17, 15) is 4.79 Å². The van der Waals surface area contributed by atoms with Crippen LogP contribution >= 0.6 is 0 Å². The van der Waals surface area contributed by atoms with Gasteiger partial charge in [0.05, 0.1) is 6.61 Å². The maximum Gasteiger partial charge on any atom is 0.211 e. The highest BCUT2D eigenvalue weighted by Gasteiger charge is 2.12. The van der Waals surface area contributed by atoms with Gasteiger partial charge in [0, 0.05) is 18.8 Å². The summed E-state index contributed by atoms with van der Waals surface area (Å²) < 4.78 is 6.89. The molecule has 0 aliphatic carbocycles. The van der Waals surface area contributed by atoms with Crippen LogP contribution in [0.5, 0.6) is 5.75 Å². The van der Waals surface area contributed by atoms with Crippen molar-refractivity contribution in [2.75, 3.05) is 6.61 Å². The largest absolute Gasteiger partial charge is 0.494 e. The molecule has 2 rings (SSSR count). The van der Waals surface area contributed by atoms with Crippen molar-refractivity contribution < 1.29 is 9.53 Å². The first-order valence-corrected chi connectivity index (χ1v) is 5.48. The van der Waals surface area contributed by atoms with Gasteiger partial charge in [0.25, 0.3) is 0 Å². The van der Waals surface area contributed by atoms with E-state index < -0.39 is 0 Å². The maximum atomic E-state index is 12.1. The molecular weight excluding hydrogens is 216 g/mol. The average molecular weight is 230 g/mol. The van der Waals surface area contributed by atoms with Gasteiger partial charge < -0.3 is 4.74 Å². The van der Waals surface area contributed by atoms with Crippen molar-refractivity contribution in [1.82, 2.24) is 9.78 Å². The lowest BCUT2D eigenvalue weighted by Crippen LogP contribution is -2.08. The van der Waals surface area contributed by atoms with Gasteiger partial charge >= 0.3 is 0 Å². The smallest absolute Gasteiger partial charge is 0.211 e. The number of carbonyl (C=O) groups is 1. The zero-order chi connectivity index (χ0) is 12.3. The van der Waals surface area contributed by atoms with Gasteiger partial charge in [-0.05, 0) is 37.3 Å². The van der Waals surface area contributed by atoms with Crippen molar-refractivity contribution in [3.8, 4) is 5.75 Å². The first-order valence-electron chi connectivity index (χ1n) is 5.48. The van der Waals surface area contributed by atoms with Gasteiger partial charge in [0.15, 0.2) is 0 Å². The lowest BCUT2D eigenvalue weighted by Gasteiger charge is -2.04. The summed E-state index contributed by atoms with van der Waals surface area (Å²) in [5, 5.41) is 3.98. The van der Waals surface area contributed by atoms with Gasteiger partial charge in [-0.3, -0.25) is 9.48 Å². The summed E-state index contributed by atoms with van der Waals surface area (Å²) in [5.41, 5.74) is 1.21. The zero-order valence-electron chi connectivity index (χ0n) is 9.88. The average Bonchev–Trinajstić information content (AvgIpc) is 2.76. The normalized spacial score (nSPS) is 10.2. The minimum absolute atomic E-state index is 0.0342. The van der Waals surface area contributed by atoms with E-state index in [2.05, 4.69) is 5.10 Å². The second-order valence-corrected chi connectivity index (χ2v) is 3.63. The highest BCUT2D eigenvalue weighted by atomic mass is 16.5. The first kappa shape index (κ1) is 11.4. The Bertz CT molecular complexity index is 514. The number of hydrogen-bond acceptors (Lipinski definition) is 3. The molecule has 0 unspecified atom stereocenters. The van der Waals surface area contributed by atoms with E-state index in [-0.39, 0.29) is 5.78 Å². The number of rotatable bonds is 4. The molecule has 0 aliphatic rings. The van der Waals surface area contributed by atoms with Gasteiger partial charge in [0.2, 0.25) is 5.78 Å². The minimum Gasteiger partial charge on any atom is -0.494 e. The van der Waals surface area contributed by atoms with Crippen molar-refractivity contribution in [1.29, 1.82) is 0 Å². The number of aromatic nitrogens is 2. The SMILES string of the molecule is CCOc1ccc(C(=O)c2ccnn2C)cc1. The van der Waals surface area contributed by atoms with E-state index in [1.54, 1.807) is 48.3 Å². The topological polar surface area (TPSA) is 44.1 Å². The van der Waals surface area contributed by atoms with E-state index in [1.807, 2.05) is 6.92 Å². The Hall–Kier alpha value is -2.10. The Kier molecular flexibility index (Phi) is 3.23. The Balaban J connectivity index is 2.23. The molecule has 1 aromatic carbocycles. The molecule has 0 saturated heterocycles. The molecule has 2 aromatic rings. The van der Waals surface area contributed by atoms with Crippen molar-refractivity contribution >= 4 is 5.78 Å². The molecular formula is C13H14N2O2. The molecule has 4 heteroatoms. The number of ether oxygens (including phenoxy) is 1. The number of hydrogen-bond donors (Lipinski definition) is 0. The predicted octanol–water partition coefficient (Wildman–Crippen LogP) is 2.05. The molecule has 88 valence electrons. The molecule has 0 spiro atoms. The first-order chi connectivity index (χ1) is 8.22. The highest BCUT2D eigenvalue weighted by molar-refractivity contribution is 6.07. The van der Waals surface area contributed by atoms with E-state index in [1.165, 1.54) is 0 Å². The van der Waals surface area contributed by atoms with Crippen LogP contribution in [0.1, 0.15) is 23.0 Å². The van der Waals surface area contributed by atoms with Crippen LogP contribution in [-0.2, 0) is 7.05 Å². The Labute approximate surface area is 99.8 Å². The molecule has 0 saturated carbocycles. The molecule has 0 atom stereocenters. The zero-order valence-corrected chi connectivity index (χ0v) is 9.88.